The number of rotatable bonds is 2. The van der Waals surface area contributed by atoms with Gasteiger partial charge in [-0.15, -0.1) is 0 Å². The molecule has 0 atom stereocenters. The predicted octanol–water partition coefficient (Wildman–Crippen LogP) is 1.63. The molecule has 0 radical (unpaired) electrons. The molecule has 2 N–H and O–H groups in total. The minimum absolute atomic E-state index is 0.00929. The fourth-order valence-corrected chi connectivity index (χ4v) is 1.51. The Kier molecular flexibility index (Phi) is 4.86. The molecule has 2 amide bonds. The van der Waals surface area contributed by atoms with E-state index < -0.39 is 17.3 Å². The Labute approximate surface area is 119 Å². The third kappa shape index (κ3) is 6.10. The highest BCUT2D eigenvalue weighted by Crippen LogP contribution is 2.14. The fraction of sp³-hybridized carbons (Fsp3) is 0.846. The van der Waals surface area contributed by atoms with Gasteiger partial charge in [0.1, 0.15) is 11.2 Å². The normalized spacial score (nSPS) is 16.4. The van der Waals surface area contributed by atoms with Crippen molar-refractivity contribution in [1.29, 1.82) is 0 Å². The number of ether oxygens (including phenoxy) is 2. The predicted molar refractivity (Wildman–Crippen MR) is 74.1 cm³/mol. The second-order valence-electron chi connectivity index (χ2n) is 6.85. The molecule has 1 aliphatic rings. The van der Waals surface area contributed by atoms with Crippen molar-refractivity contribution in [3.63, 3.8) is 0 Å². The van der Waals surface area contributed by atoms with Crippen LogP contribution < -0.4 is 10.9 Å². The van der Waals surface area contributed by atoms with Gasteiger partial charge < -0.3 is 14.4 Å². The molecular weight excluding hydrogens is 262 g/mol. The Morgan fingerprint density at radius 3 is 1.95 bits per heavy atom. The summed E-state index contributed by atoms with van der Waals surface area (Å²) in [7, 11) is 0. The van der Waals surface area contributed by atoms with Crippen molar-refractivity contribution in [2.75, 3.05) is 13.1 Å². The first-order valence-electron chi connectivity index (χ1n) is 6.69. The van der Waals surface area contributed by atoms with E-state index in [-0.39, 0.29) is 12.1 Å². The first kappa shape index (κ1) is 16.6. The van der Waals surface area contributed by atoms with Gasteiger partial charge in [-0.25, -0.2) is 15.0 Å². The zero-order valence-electron chi connectivity index (χ0n) is 13.1. The van der Waals surface area contributed by atoms with Crippen LogP contribution >= 0.6 is 0 Å². The maximum absolute atomic E-state index is 11.7. The first-order valence-corrected chi connectivity index (χ1v) is 6.69. The SMILES string of the molecule is CC(C)(C)OC(=O)NNC1CN(C(=O)OC(C)(C)C)C1. The maximum atomic E-state index is 11.7. The average molecular weight is 287 g/mol. The Hall–Kier alpha value is -1.50. The number of likely N-dealkylation sites (tertiary alicyclic amines) is 1. The summed E-state index contributed by atoms with van der Waals surface area (Å²) in [5.41, 5.74) is 4.24. The van der Waals surface area contributed by atoms with E-state index in [0.29, 0.717) is 13.1 Å². The summed E-state index contributed by atoms with van der Waals surface area (Å²) in [5.74, 6) is 0. The molecule has 0 aliphatic carbocycles. The third-order valence-electron chi connectivity index (χ3n) is 2.31. The Bertz CT molecular complexity index is 362. The molecule has 20 heavy (non-hydrogen) atoms. The van der Waals surface area contributed by atoms with E-state index in [1.807, 2.05) is 20.8 Å². The second-order valence-corrected chi connectivity index (χ2v) is 6.85. The van der Waals surface area contributed by atoms with Gasteiger partial charge in [-0.3, -0.25) is 5.43 Å². The van der Waals surface area contributed by atoms with Crippen molar-refractivity contribution < 1.29 is 19.1 Å². The number of amides is 2. The standard InChI is InChI=1S/C13H25N3O4/c1-12(2,3)19-10(17)15-14-9-7-16(8-9)11(18)20-13(4,5)6/h9,14H,7-8H2,1-6H3,(H,15,17). The lowest BCUT2D eigenvalue weighted by Gasteiger charge is -2.39. The van der Waals surface area contributed by atoms with Crippen LogP contribution in [0.5, 0.6) is 0 Å². The van der Waals surface area contributed by atoms with Gasteiger partial charge in [0.2, 0.25) is 0 Å². The van der Waals surface area contributed by atoms with Gasteiger partial charge in [-0.05, 0) is 41.5 Å². The zero-order chi connectivity index (χ0) is 15.6. The van der Waals surface area contributed by atoms with Gasteiger partial charge in [0.15, 0.2) is 0 Å². The molecular formula is C13H25N3O4. The molecule has 116 valence electrons. The Balaban J connectivity index is 2.20. The molecule has 1 aliphatic heterocycles. The van der Waals surface area contributed by atoms with Crippen LogP contribution in [0.1, 0.15) is 41.5 Å². The van der Waals surface area contributed by atoms with Crippen LogP contribution in [0.15, 0.2) is 0 Å². The molecule has 1 fully saturated rings. The second kappa shape index (κ2) is 5.87. The summed E-state index contributed by atoms with van der Waals surface area (Å²) in [5, 5.41) is 0. The van der Waals surface area contributed by atoms with Crippen molar-refractivity contribution in [2.24, 2.45) is 0 Å². The Morgan fingerprint density at radius 2 is 1.50 bits per heavy atom. The summed E-state index contributed by atoms with van der Waals surface area (Å²) in [6.45, 7) is 11.8. The lowest BCUT2D eigenvalue weighted by atomic mass is 10.1. The minimum Gasteiger partial charge on any atom is -0.444 e. The molecule has 0 aromatic heterocycles. The number of hydrogen-bond acceptors (Lipinski definition) is 5. The van der Waals surface area contributed by atoms with E-state index in [1.54, 1.807) is 25.7 Å². The largest absolute Gasteiger partial charge is 0.444 e. The van der Waals surface area contributed by atoms with Crippen molar-refractivity contribution in [2.45, 2.75) is 58.8 Å². The van der Waals surface area contributed by atoms with Crippen LogP contribution in [0, 0.1) is 0 Å². The van der Waals surface area contributed by atoms with Crippen molar-refractivity contribution >= 4 is 12.2 Å². The number of hydrogen-bond donors (Lipinski definition) is 2. The van der Waals surface area contributed by atoms with Gasteiger partial charge >= 0.3 is 12.2 Å². The van der Waals surface area contributed by atoms with E-state index in [1.165, 1.54) is 0 Å². The molecule has 0 saturated carbocycles. The highest BCUT2D eigenvalue weighted by molar-refractivity contribution is 5.69. The summed E-state index contributed by atoms with van der Waals surface area (Å²) in [6.07, 6.45) is -0.874. The monoisotopic (exact) mass is 287 g/mol. The van der Waals surface area contributed by atoms with Crippen LogP contribution in [0.3, 0.4) is 0 Å². The molecule has 1 saturated heterocycles. The molecule has 0 bridgehead atoms. The van der Waals surface area contributed by atoms with E-state index in [9.17, 15) is 9.59 Å². The number of nitrogens with one attached hydrogen (secondary N) is 2. The smallest absolute Gasteiger partial charge is 0.422 e. The summed E-state index contributed by atoms with van der Waals surface area (Å²) < 4.78 is 10.3. The summed E-state index contributed by atoms with van der Waals surface area (Å²) >= 11 is 0. The van der Waals surface area contributed by atoms with Crippen molar-refractivity contribution in [3.8, 4) is 0 Å². The number of nitrogens with zero attached hydrogens (tertiary/aromatic N) is 1. The minimum atomic E-state index is -0.534. The van der Waals surface area contributed by atoms with Crippen molar-refractivity contribution in [3.05, 3.63) is 0 Å². The van der Waals surface area contributed by atoms with Crippen LogP contribution in [-0.2, 0) is 9.47 Å². The van der Waals surface area contributed by atoms with E-state index in [0.717, 1.165) is 0 Å². The van der Waals surface area contributed by atoms with E-state index in [4.69, 9.17) is 9.47 Å². The lowest BCUT2D eigenvalue weighted by molar-refractivity contribution is 0.00282. The highest BCUT2D eigenvalue weighted by atomic mass is 16.6. The molecule has 0 spiro atoms. The van der Waals surface area contributed by atoms with E-state index in [2.05, 4.69) is 10.9 Å². The van der Waals surface area contributed by atoms with Crippen LogP contribution in [-0.4, -0.2) is 47.4 Å². The fourth-order valence-electron chi connectivity index (χ4n) is 1.51. The molecule has 7 nitrogen and oxygen atoms in total. The molecule has 7 heteroatoms. The first-order chi connectivity index (χ1) is 8.96. The summed E-state index contributed by atoms with van der Waals surface area (Å²) in [6, 6.07) is 0.00929. The van der Waals surface area contributed by atoms with Gasteiger partial charge in [-0.1, -0.05) is 0 Å². The van der Waals surface area contributed by atoms with Gasteiger partial charge in [0.25, 0.3) is 0 Å². The molecule has 1 rings (SSSR count). The third-order valence-corrected chi connectivity index (χ3v) is 2.31. The van der Waals surface area contributed by atoms with Crippen LogP contribution in [0.4, 0.5) is 9.59 Å². The zero-order valence-corrected chi connectivity index (χ0v) is 13.1. The van der Waals surface area contributed by atoms with E-state index >= 15 is 0 Å². The number of carbonyl (C=O) groups is 2. The maximum Gasteiger partial charge on any atom is 0.422 e. The van der Waals surface area contributed by atoms with Crippen LogP contribution in [0.2, 0.25) is 0 Å². The summed E-state index contributed by atoms with van der Waals surface area (Å²) in [4.78, 5) is 24.7. The average Bonchev–Trinajstić information content (AvgIpc) is 2.08. The quantitative estimate of drug-likeness (QED) is 0.755. The number of carbonyl (C=O) groups excluding carboxylic acids is 2. The molecule has 0 aromatic carbocycles. The van der Waals surface area contributed by atoms with Gasteiger partial charge in [0.05, 0.1) is 6.04 Å². The topological polar surface area (TPSA) is 79.9 Å². The molecule has 0 aromatic rings. The lowest BCUT2D eigenvalue weighted by Crippen LogP contribution is -2.64. The van der Waals surface area contributed by atoms with Gasteiger partial charge in [0, 0.05) is 13.1 Å². The number of hydrazine groups is 1. The molecule has 1 heterocycles. The Morgan fingerprint density at radius 1 is 1.00 bits per heavy atom. The molecule has 0 unspecified atom stereocenters. The van der Waals surface area contributed by atoms with Crippen LogP contribution in [0.25, 0.3) is 0 Å². The highest BCUT2D eigenvalue weighted by Gasteiger charge is 2.34. The van der Waals surface area contributed by atoms with Gasteiger partial charge in [-0.2, -0.15) is 0 Å². The van der Waals surface area contributed by atoms with Crippen molar-refractivity contribution in [1.82, 2.24) is 15.8 Å².